The molecule has 2 aromatic rings. The summed E-state index contributed by atoms with van der Waals surface area (Å²) in [5.41, 5.74) is 2.96. The molecule has 0 saturated carbocycles. The Labute approximate surface area is 124 Å². The van der Waals surface area contributed by atoms with Gasteiger partial charge in [-0.1, -0.05) is 54.6 Å². The second kappa shape index (κ2) is 5.94. The number of anilines is 1. The van der Waals surface area contributed by atoms with Gasteiger partial charge in [-0.2, -0.15) is 0 Å². The largest absolute Gasteiger partial charge is 0.359 e. The maximum absolute atomic E-state index is 12.6. The summed E-state index contributed by atoms with van der Waals surface area (Å²) in [7, 11) is 0. The average Bonchev–Trinajstić information content (AvgIpc) is 2.79. The fraction of sp³-hybridized carbons (Fsp3) is 0.167. The van der Waals surface area contributed by atoms with Crippen LogP contribution in [-0.2, 0) is 16.1 Å². The number of hydrogen-bond acceptors (Lipinski definition) is 2. The molecule has 3 nitrogen and oxygen atoms in total. The van der Waals surface area contributed by atoms with Crippen LogP contribution < -0.4 is 4.90 Å². The Morgan fingerprint density at radius 1 is 1.10 bits per heavy atom. The zero-order valence-electron chi connectivity index (χ0n) is 11.7. The van der Waals surface area contributed by atoms with Crippen LogP contribution in [0.3, 0.4) is 0 Å². The molecule has 0 aliphatic carbocycles. The number of rotatable bonds is 5. The Morgan fingerprint density at radius 2 is 1.81 bits per heavy atom. The standard InChI is InChI=1S/C18H17NO2/c1-2-12-21-17-15-10-6-7-11-16(15)19(18(17)20)13-14-8-4-3-5-9-14/h2-11,17H,1,12-13H2. The van der Waals surface area contributed by atoms with Gasteiger partial charge in [0.15, 0.2) is 6.10 Å². The number of amides is 1. The van der Waals surface area contributed by atoms with Gasteiger partial charge in [0, 0.05) is 5.56 Å². The lowest BCUT2D eigenvalue weighted by Crippen LogP contribution is -2.29. The molecule has 0 saturated heterocycles. The van der Waals surface area contributed by atoms with Crippen LogP contribution in [0.5, 0.6) is 0 Å². The highest BCUT2D eigenvalue weighted by Gasteiger charge is 2.37. The second-order valence-corrected chi connectivity index (χ2v) is 4.97. The van der Waals surface area contributed by atoms with Crippen molar-refractivity contribution in [2.45, 2.75) is 12.6 Å². The maximum atomic E-state index is 12.6. The molecule has 1 heterocycles. The van der Waals surface area contributed by atoms with Crippen molar-refractivity contribution in [1.29, 1.82) is 0 Å². The summed E-state index contributed by atoms with van der Waals surface area (Å²) in [6.07, 6.45) is 1.14. The number of para-hydroxylation sites is 1. The molecule has 1 atom stereocenters. The quantitative estimate of drug-likeness (QED) is 0.784. The number of fused-ring (bicyclic) bond motifs is 1. The summed E-state index contributed by atoms with van der Waals surface area (Å²) in [5, 5.41) is 0. The van der Waals surface area contributed by atoms with Gasteiger partial charge in [0.25, 0.3) is 5.91 Å². The molecule has 0 aromatic heterocycles. The van der Waals surface area contributed by atoms with Crippen LogP contribution in [0.2, 0.25) is 0 Å². The topological polar surface area (TPSA) is 29.5 Å². The molecule has 2 aromatic carbocycles. The summed E-state index contributed by atoms with van der Waals surface area (Å²) < 4.78 is 5.65. The normalized spacial score (nSPS) is 16.9. The predicted octanol–water partition coefficient (Wildman–Crippen LogP) is 3.48. The first-order valence-electron chi connectivity index (χ1n) is 6.98. The van der Waals surface area contributed by atoms with Crippen molar-refractivity contribution in [3.8, 4) is 0 Å². The molecule has 0 fully saturated rings. The van der Waals surface area contributed by atoms with E-state index in [1.165, 1.54) is 0 Å². The van der Waals surface area contributed by atoms with E-state index in [2.05, 4.69) is 6.58 Å². The number of benzene rings is 2. The lowest BCUT2D eigenvalue weighted by Gasteiger charge is -2.18. The molecule has 0 spiro atoms. The predicted molar refractivity (Wildman–Crippen MR) is 83.0 cm³/mol. The zero-order chi connectivity index (χ0) is 14.7. The van der Waals surface area contributed by atoms with Crippen molar-refractivity contribution in [2.75, 3.05) is 11.5 Å². The van der Waals surface area contributed by atoms with Crippen LogP contribution in [0, 0.1) is 0 Å². The minimum atomic E-state index is -0.525. The molecule has 0 N–H and O–H groups in total. The van der Waals surface area contributed by atoms with Crippen molar-refractivity contribution in [1.82, 2.24) is 0 Å². The van der Waals surface area contributed by atoms with E-state index >= 15 is 0 Å². The Bertz CT molecular complexity index is 651. The van der Waals surface area contributed by atoms with Crippen molar-refractivity contribution in [2.24, 2.45) is 0 Å². The first-order chi connectivity index (χ1) is 10.3. The van der Waals surface area contributed by atoms with Crippen LogP contribution in [0.4, 0.5) is 5.69 Å². The van der Waals surface area contributed by atoms with Crippen molar-refractivity contribution in [3.63, 3.8) is 0 Å². The summed E-state index contributed by atoms with van der Waals surface area (Å²) in [5.74, 6) is -0.0121. The van der Waals surface area contributed by atoms with Gasteiger partial charge in [-0.25, -0.2) is 0 Å². The van der Waals surface area contributed by atoms with Crippen LogP contribution >= 0.6 is 0 Å². The van der Waals surface area contributed by atoms with Gasteiger partial charge >= 0.3 is 0 Å². The summed E-state index contributed by atoms with van der Waals surface area (Å²) in [6.45, 7) is 4.56. The molecule has 1 aliphatic rings. The molecule has 0 radical (unpaired) electrons. The third-order valence-corrected chi connectivity index (χ3v) is 3.56. The van der Waals surface area contributed by atoms with Gasteiger partial charge < -0.3 is 9.64 Å². The highest BCUT2D eigenvalue weighted by atomic mass is 16.5. The molecule has 1 unspecified atom stereocenters. The fourth-order valence-corrected chi connectivity index (χ4v) is 2.60. The molecule has 21 heavy (non-hydrogen) atoms. The first kappa shape index (κ1) is 13.6. The molecule has 3 heteroatoms. The zero-order valence-corrected chi connectivity index (χ0v) is 11.7. The smallest absolute Gasteiger partial charge is 0.261 e. The van der Waals surface area contributed by atoms with E-state index in [1.54, 1.807) is 11.0 Å². The van der Waals surface area contributed by atoms with Gasteiger partial charge in [-0.3, -0.25) is 4.79 Å². The fourth-order valence-electron chi connectivity index (χ4n) is 2.60. The molecule has 1 aliphatic heterocycles. The van der Waals surface area contributed by atoms with Crippen molar-refractivity contribution >= 4 is 11.6 Å². The molecule has 3 rings (SSSR count). The lowest BCUT2D eigenvalue weighted by atomic mass is 10.1. The van der Waals surface area contributed by atoms with Gasteiger partial charge in [0.1, 0.15) is 0 Å². The van der Waals surface area contributed by atoms with E-state index in [-0.39, 0.29) is 5.91 Å². The van der Waals surface area contributed by atoms with E-state index in [1.807, 2.05) is 54.6 Å². The van der Waals surface area contributed by atoms with E-state index in [9.17, 15) is 4.79 Å². The van der Waals surface area contributed by atoms with E-state index < -0.39 is 6.10 Å². The van der Waals surface area contributed by atoms with Crippen molar-refractivity contribution < 1.29 is 9.53 Å². The molecular weight excluding hydrogens is 262 g/mol. The Kier molecular flexibility index (Phi) is 3.84. The van der Waals surface area contributed by atoms with Gasteiger partial charge in [0.2, 0.25) is 0 Å². The number of hydrogen-bond donors (Lipinski definition) is 0. The monoisotopic (exact) mass is 279 g/mol. The third kappa shape index (κ3) is 2.60. The van der Waals surface area contributed by atoms with E-state index in [0.29, 0.717) is 13.2 Å². The summed E-state index contributed by atoms with van der Waals surface area (Å²) in [4.78, 5) is 14.4. The minimum absolute atomic E-state index is 0.0121. The average molecular weight is 279 g/mol. The lowest BCUT2D eigenvalue weighted by molar-refractivity contribution is -0.128. The first-order valence-corrected chi connectivity index (χ1v) is 6.98. The van der Waals surface area contributed by atoms with Crippen LogP contribution in [0.15, 0.2) is 67.3 Å². The van der Waals surface area contributed by atoms with E-state index in [0.717, 1.165) is 16.8 Å². The number of carbonyl (C=O) groups excluding carboxylic acids is 1. The number of nitrogens with zero attached hydrogens (tertiary/aromatic N) is 1. The molecule has 106 valence electrons. The highest BCUT2D eigenvalue weighted by molar-refractivity contribution is 6.03. The molecular formula is C18H17NO2. The SMILES string of the molecule is C=CCOC1C(=O)N(Cc2ccccc2)c2ccccc21. The van der Waals surface area contributed by atoms with E-state index in [4.69, 9.17) is 4.74 Å². The highest BCUT2D eigenvalue weighted by Crippen LogP contribution is 2.38. The van der Waals surface area contributed by atoms with Crippen molar-refractivity contribution in [3.05, 3.63) is 78.4 Å². The number of carbonyl (C=O) groups is 1. The second-order valence-electron chi connectivity index (χ2n) is 4.97. The van der Waals surface area contributed by atoms with Gasteiger partial charge in [-0.05, 0) is 11.6 Å². The Hall–Kier alpha value is -2.39. The minimum Gasteiger partial charge on any atom is -0.359 e. The molecule has 1 amide bonds. The van der Waals surface area contributed by atoms with Gasteiger partial charge in [0.05, 0.1) is 18.8 Å². The maximum Gasteiger partial charge on any atom is 0.261 e. The number of ether oxygens (including phenoxy) is 1. The third-order valence-electron chi connectivity index (χ3n) is 3.56. The van der Waals surface area contributed by atoms with Crippen LogP contribution in [0.25, 0.3) is 0 Å². The van der Waals surface area contributed by atoms with Crippen LogP contribution in [-0.4, -0.2) is 12.5 Å². The summed E-state index contributed by atoms with van der Waals surface area (Å²) >= 11 is 0. The van der Waals surface area contributed by atoms with Gasteiger partial charge in [-0.15, -0.1) is 6.58 Å². The van der Waals surface area contributed by atoms with Crippen LogP contribution in [0.1, 0.15) is 17.2 Å². The Balaban J connectivity index is 1.91. The molecule has 0 bridgehead atoms. The summed E-state index contributed by atoms with van der Waals surface area (Å²) in [6, 6.07) is 17.8. The Morgan fingerprint density at radius 3 is 2.57 bits per heavy atom.